The van der Waals surface area contributed by atoms with Crippen LogP contribution >= 0.6 is 0 Å². The van der Waals surface area contributed by atoms with Crippen LogP contribution in [0.15, 0.2) is 59.7 Å². The van der Waals surface area contributed by atoms with Crippen molar-refractivity contribution < 1.29 is 53.2 Å². The van der Waals surface area contributed by atoms with Gasteiger partial charge in [-0.1, -0.05) is 47.6 Å². The van der Waals surface area contributed by atoms with Crippen LogP contribution < -0.4 is 21.3 Å². The highest BCUT2D eigenvalue weighted by Crippen LogP contribution is 2.12. The van der Waals surface area contributed by atoms with E-state index in [0.29, 0.717) is 11.1 Å². The van der Waals surface area contributed by atoms with Crippen LogP contribution in [0.25, 0.3) is 10.4 Å². The van der Waals surface area contributed by atoms with E-state index in [2.05, 4.69) is 31.3 Å². The number of hydrogen-bond donors (Lipinski definition) is 6. The van der Waals surface area contributed by atoms with E-state index < -0.39 is 66.5 Å². The van der Waals surface area contributed by atoms with Crippen molar-refractivity contribution in [3.05, 3.63) is 76.2 Å². The standard InChI is InChI=1S/C32H41N7O11/c1-21(40)36-25(17-22-7-9-24(41)10-8-22)31(46)38-27(19-29(44)50-20-23-5-3-2-4-6-23)32(47)37-26(18-28(42)43)30(45)34-11-13-48-15-16-49-14-12-35-39-33/h2-10,25-27,41H,11-20H2,1H3,(H,34,45)(H,36,40)(H,37,47)(H,38,46)(H,42,43)/t25-,26-,27+/m0/s1. The maximum atomic E-state index is 13.5. The monoisotopic (exact) mass is 699 g/mol. The minimum Gasteiger partial charge on any atom is -0.508 e. The molecule has 2 aromatic carbocycles. The molecule has 0 unspecified atom stereocenters. The van der Waals surface area contributed by atoms with Gasteiger partial charge < -0.3 is 45.7 Å². The van der Waals surface area contributed by atoms with Crippen molar-refractivity contribution in [2.75, 3.05) is 39.5 Å². The summed E-state index contributed by atoms with van der Waals surface area (Å²) in [7, 11) is 0. The average molecular weight is 700 g/mol. The van der Waals surface area contributed by atoms with E-state index in [1.165, 1.54) is 31.2 Å². The third kappa shape index (κ3) is 16.9. The lowest BCUT2D eigenvalue weighted by Crippen LogP contribution is -2.57. The zero-order valence-electron chi connectivity index (χ0n) is 27.4. The highest BCUT2D eigenvalue weighted by molar-refractivity contribution is 5.96. The summed E-state index contributed by atoms with van der Waals surface area (Å²) in [5, 5.41) is 32.0. The van der Waals surface area contributed by atoms with Crippen LogP contribution in [-0.2, 0) is 56.0 Å². The molecule has 0 fully saturated rings. The van der Waals surface area contributed by atoms with E-state index in [1.807, 2.05) is 0 Å². The fourth-order valence-electron chi connectivity index (χ4n) is 4.27. The number of rotatable bonds is 23. The van der Waals surface area contributed by atoms with E-state index in [-0.39, 0.29) is 58.3 Å². The van der Waals surface area contributed by atoms with Gasteiger partial charge in [-0.25, -0.2) is 0 Å². The van der Waals surface area contributed by atoms with E-state index >= 15 is 0 Å². The Labute approximate surface area is 287 Å². The number of esters is 1. The maximum Gasteiger partial charge on any atom is 0.308 e. The lowest BCUT2D eigenvalue weighted by atomic mass is 10.0. The Morgan fingerprint density at radius 1 is 0.780 bits per heavy atom. The van der Waals surface area contributed by atoms with Crippen molar-refractivity contribution in [2.45, 2.75) is 50.9 Å². The molecule has 2 aromatic rings. The first-order valence-corrected chi connectivity index (χ1v) is 15.5. The molecule has 0 heterocycles. The first kappa shape index (κ1) is 40.5. The highest BCUT2D eigenvalue weighted by atomic mass is 16.5. The number of nitrogens with one attached hydrogen (secondary N) is 4. The number of hydrogen-bond acceptors (Lipinski definition) is 11. The van der Waals surface area contributed by atoms with Crippen LogP contribution in [-0.4, -0.2) is 103 Å². The van der Waals surface area contributed by atoms with Gasteiger partial charge in [0.15, 0.2) is 0 Å². The summed E-state index contributed by atoms with van der Waals surface area (Å²) in [4.78, 5) is 78.7. The SMILES string of the molecule is CC(=O)N[C@@H](Cc1ccc(O)cc1)C(=O)N[C@H](CC(=O)OCc1ccccc1)C(=O)N[C@@H](CC(=O)O)C(=O)NCCOCCOCCN=[N+]=[N-]. The zero-order chi connectivity index (χ0) is 36.7. The number of carbonyl (C=O) groups excluding carboxylic acids is 5. The molecule has 4 amide bonds. The maximum absolute atomic E-state index is 13.5. The molecular weight excluding hydrogens is 658 g/mol. The molecule has 18 nitrogen and oxygen atoms in total. The van der Waals surface area contributed by atoms with Crippen LogP contribution in [0.4, 0.5) is 0 Å². The van der Waals surface area contributed by atoms with Gasteiger partial charge in [-0.15, -0.1) is 0 Å². The highest BCUT2D eigenvalue weighted by Gasteiger charge is 2.32. The van der Waals surface area contributed by atoms with Crippen LogP contribution in [0.2, 0.25) is 0 Å². The van der Waals surface area contributed by atoms with E-state index in [4.69, 9.17) is 19.7 Å². The summed E-state index contributed by atoms with van der Waals surface area (Å²) in [6.07, 6.45) is -1.57. The number of phenols is 1. The molecular formula is C32H41N7O11. The Morgan fingerprint density at radius 2 is 1.40 bits per heavy atom. The van der Waals surface area contributed by atoms with Crippen molar-refractivity contribution in [2.24, 2.45) is 5.11 Å². The molecule has 0 aliphatic heterocycles. The Hall–Kier alpha value is -5.71. The van der Waals surface area contributed by atoms with Gasteiger partial charge in [0.2, 0.25) is 23.6 Å². The summed E-state index contributed by atoms with van der Waals surface area (Å²) >= 11 is 0. The lowest BCUT2D eigenvalue weighted by Gasteiger charge is -2.24. The van der Waals surface area contributed by atoms with Gasteiger partial charge in [0.1, 0.15) is 30.5 Å². The molecule has 0 saturated carbocycles. The number of aromatic hydroxyl groups is 1. The molecule has 18 heteroatoms. The molecule has 0 saturated heterocycles. The number of carboxylic acids is 1. The second-order valence-corrected chi connectivity index (χ2v) is 10.7. The van der Waals surface area contributed by atoms with Gasteiger partial charge in [0.25, 0.3) is 0 Å². The summed E-state index contributed by atoms with van der Waals surface area (Å²) < 4.78 is 15.8. The molecule has 270 valence electrons. The number of carboxylic acid groups (broad SMARTS) is 1. The quantitative estimate of drug-likeness (QED) is 0.0305. The Kier molecular flexibility index (Phi) is 18.4. The predicted molar refractivity (Wildman–Crippen MR) is 175 cm³/mol. The van der Waals surface area contributed by atoms with Crippen molar-refractivity contribution in [1.82, 2.24) is 21.3 Å². The van der Waals surface area contributed by atoms with Crippen molar-refractivity contribution in [1.29, 1.82) is 0 Å². The second-order valence-electron chi connectivity index (χ2n) is 10.7. The van der Waals surface area contributed by atoms with E-state index in [1.54, 1.807) is 30.3 Å². The van der Waals surface area contributed by atoms with Crippen molar-refractivity contribution in [3.63, 3.8) is 0 Å². The molecule has 0 aromatic heterocycles. The molecule has 50 heavy (non-hydrogen) atoms. The minimum absolute atomic E-state index is 0.0162. The lowest BCUT2D eigenvalue weighted by molar-refractivity contribution is -0.148. The fourth-order valence-corrected chi connectivity index (χ4v) is 4.27. The number of amides is 4. The molecule has 2 rings (SSSR count). The predicted octanol–water partition coefficient (Wildman–Crippen LogP) is 0.477. The van der Waals surface area contributed by atoms with Gasteiger partial charge in [0.05, 0.1) is 39.3 Å². The number of phenolic OH excluding ortho intramolecular Hbond substituents is 1. The third-order valence-corrected chi connectivity index (χ3v) is 6.64. The van der Waals surface area contributed by atoms with Crippen molar-refractivity contribution in [3.8, 4) is 5.75 Å². The van der Waals surface area contributed by atoms with Gasteiger partial charge in [0, 0.05) is 31.3 Å². The number of benzene rings is 2. The molecule has 6 N–H and O–H groups in total. The van der Waals surface area contributed by atoms with Crippen LogP contribution in [0.5, 0.6) is 5.75 Å². The van der Waals surface area contributed by atoms with Crippen molar-refractivity contribution >= 4 is 35.6 Å². The second kappa shape index (κ2) is 22.8. The number of aliphatic carboxylic acids is 1. The summed E-state index contributed by atoms with van der Waals surface area (Å²) in [5.41, 5.74) is 9.44. The minimum atomic E-state index is -1.65. The molecule has 0 bridgehead atoms. The fraction of sp³-hybridized carbons (Fsp3) is 0.438. The molecule has 3 atom stereocenters. The van der Waals surface area contributed by atoms with Crippen LogP contribution in [0.1, 0.15) is 30.9 Å². The molecule has 0 aliphatic rings. The molecule has 0 aliphatic carbocycles. The van der Waals surface area contributed by atoms with Gasteiger partial charge >= 0.3 is 11.9 Å². The van der Waals surface area contributed by atoms with Crippen LogP contribution in [0.3, 0.4) is 0 Å². The third-order valence-electron chi connectivity index (χ3n) is 6.64. The summed E-state index contributed by atoms with van der Waals surface area (Å²) in [6.45, 7) is 1.76. The largest absolute Gasteiger partial charge is 0.508 e. The van der Waals surface area contributed by atoms with Gasteiger partial charge in [-0.2, -0.15) is 0 Å². The van der Waals surface area contributed by atoms with Gasteiger partial charge in [-0.3, -0.25) is 28.8 Å². The van der Waals surface area contributed by atoms with E-state index in [9.17, 15) is 39.0 Å². The van der Waals surface area contributed by atoms with Crippen LogP contribution in [0, 0.1) is 0 Å². The number of azide groups is 1. The Morgan fingerprint density at radius 3 is 2.02 bits per heavy atom. The number of nitrogens with zero attached hydrogens (tertiary/aromatic N) is 3. The normalized spacial score (nSPS) is 12.3. The average Bonchev–Trinajstić information content (AvgIpc) is 3.08. The Bertz CT molecular complexity index is 1470. The zero-order valence-corrected chi connectivity index (χ0v) is 27.4. The summed E-state index contributed by atoms with van der Waals surface area (Å²) in [6, 6.07) is 10.0. The smallest absolute Gasteiger partial charge is 0.308 e. The number of ether oxygens (including phenoxy) is 3. The number of carbonyl (C=O) groups is 6. The molecule has 0 radical (unpaired) electrons. The van der Waals surface area contributed by atoms with E-state index in [0.717, 1.165) is 0 Å². The first-order chi connectivity index (χ1) is 24.0. The first-order valence-electron chi connectivity index (χ1n) is 15.5. The Balaban J connectivity index is 2.12. The van der Waals surface area contributed by atoms with Gasteiger partial charge in [-0.05, 0) is 28.8 Å². The summed E-state index contributed by atoms with van der Waals surface area (Å²) in [5.74, 6) is -5.66. The topological polar surface area (TPSA) is 267 Å². The molecule has 0 spiro atoms.